The molecule has 0 saturated carbocycles. The third kappa shape index (κ3) is 4.27. The van der Waals surface area contributed by atoms with Crippen LogP contribution in [0.5, 0.6) is 5.75 Å². The number of ether oxygens (including phenoxy) is 1. The highest BCUT2D eigenvalue weighted by Gasteiger charge is 2.27. The van der Waals surface area contributed by atoms with Gasteiger partial charge in [0.1, 0.15) is 5.75 Å². The normalized spacial score (nSPS) is 15.5. The van der Waals surface area contributed by atoms with E-state index in [1.165, 1.54) is 0 Å². The molecule has 0 radical (unpaired) electrons. The lowest BCUT2D eigenvalue weighted by Gasteiger charge is -2.13. The van der Waals surface area contributed by atoms with E-state index in [-0.39, 0.29) is 23.9 Å². The Bertz CT molecular complexity index is 833. The van der Waals surface area contributed by atoms with Gasteiger partial charge < -0.3 is 10.1 Å². The highest BCUT2D eigenvalue weighted by atomic mass is 32.2. The van der Waals surface area contributed by atoms with Gasteiger partial charge in [0, 0.05) is 30.5 Å². The molecule has 1 aromatic heterocycles. The predicted octanol–water partition coefficient (Wildman–Crippen LogP) is 2.56. The number of amides is 1. The summed E-state index contributed by atoms with van der Waals surface area (Å²) in [5.74, 6) is 1.42. The number of hydrogen-bond acceptors (Lipinski definition) is 5. The zero-order valence-electron chi connectivity index (χ0n) is 15.0. The number of methoxy groups -OCH3 is 1. The molecule has 3 rings (SSSR count). The minimum absolute atomic E-state index is 0.0589. The summed E-state index contributed by atoms with van der Waals surface area (Å²) in [5.41, 5.74) is 1.78. The monoisotopic (exact) mass is 373 g/mol. The van der Waals surface area contributed by atoms with Crippen LogP contribution in [0.1, 0.15) is 37.1 Å². The van der Waals surface area contributed by atoms with Crippen LogP contribution in [0.2, 0.25) is 0 Å². The van der Waals surface area contributed by atoms with E-state index in [1.54, 1.807) is 29.5 Å². The van der Waals surface area contributed by atoms with Crippen LogP contribution in [0.15, 0.2) is 40.3 Å². The maximum atomic E-state index is 12.4. The minimum atomic E-state index is -0.137. The van der Waals surface area contributed by atoms with Crippen molar-refractivity contribution in [2.45, 2.75) is 43.9 Å². The summed E-state index contributed by atoms with van der Waals surface area (Å²) in [6.45, 7) is 2.52. The fourth-order valence-electron chi connectivity index (χ4n) is 2.96. The number of hydrogen-bond donors (Lipinski definition) is 1. The van der Waals surface area contributed by atoms with E-state index in [9.17, 15) is 9.59 Å². The molecule has 138 valence electrons. The third-order valence-electron chi connectivity index (χ3n) is 4.32. The third-order valence-corrected chi connectivity index (χ3v) is 5.42. The number of nitrogens with zero attached hydrogens (tertiary/aromatic N) is 2. The molecule has 1 aliphatic heterocycles. The molecule has 6 nitrogen and oxygen atoms in total. The van der Waals surface area contributed by atoms with Crippen LogP contribution in [0, 0.1) is 0 Å². The van der Waals surface area contributed by atoms with E-state index >= 15 is 0 Å². The quantitative estimate of drug-likeness (QED) is 0.755. The zero-order chi connectivity index (χ0) is 18.5. The van der Waals surface area contributed by atoms with Crippen LogP contribution in [-0.2, 0) is 17.8 Å². The number of fused-ring (bicyclic) bond motifs is 1. The van der Waals surface area contributed by atoms with E-state index in [4.69, 9.17) is 4.74 Å². The Morgan fingerprint density at radius 2 is 2.15 bits per heavy atom. The van der Waals surface area contributed by atoms with Gasteiger partial charge in [-0.1, -0.05) is 37.2 Å². The number of benzene rings is 1. The summed E-state index contributed by atoms with van der Waals surface area (Å²) in [7, 11) is 1.62. The first-order chi connectivity index (χ1) is 12.6. The van der Waals surface area contributed by atoms with Crippen molar-refractivity contribution in [2.75, 3.05) is 12.9 Å². The molecule has 1 amide bonds. The van der Waals surface area contributed by atoms with E-state index in [2.05, 4.69) is 17.2 Å². The van der Waals surface area contributed by atoms with Crippen LogP contribution in [0.4, 0.5) is 0 Å². The minimum Gasteiger partial charge on any atom is -0.497 e. The second-order valence-corrected chi connectivity index (χ2v) is 7.27. The average Bonchev–Trinajstić information content (AvgIpc) is 3.04. The number of carbonyl (C=O) groups excluding carboxylic acids is 1. The molecule has 1 N–H and O–H groups in total. The number of carbonyl (C=O) groups is 1. The van der Waals surface area contributed by atoms with Gasteiger partial charge in [-0.15, -0.1) is 0 Å². The maximum absolute atomic E-state index is 12.4. The van der Waals surface area contributed by atoms with Crippen LogP contribution in [0.3, 0.4) is 0 Å². The zero-order valence-corrected chi connectivity index (χ0v) is 15.8. The van der Waals surface area contributed by atoms with Crippen LogP contribution < -0.4 is 15.6 Å². The van der Waals surface area contributed by atoms with Crippen molar-refractivity contribution in [3.63, 3.8) is 0 Å². The van der Waals surface area contributed by atoms with Gasteiger partial charge in [-0.3, -0.25) is 14.2 Å². The van der Waals surface area contributed by atoms with Crippen LogP contribution in [0.25, 0.3) is 0 Å². The first-order valence-electron chi connectivity index (χ1n) is 8.75. The number of thioether (sulfide) groups is 1. The summed E-state index contributed by atoms with van der Waals surface area (Å²) in [6.07, 6.45) is 2.04. The molecule has 0 saturated heterocycles. The highest BCUT2D eigenvalue weighted by molar-refractivity contribution is 7.99. The molecule has 0 fully saturated rings. The molecule has 1 aromatic carbocycles. The Morgan fingerprint density at radius 3 is 2.85 bits per heavy atom. The van der Waals surface area contributed by atoms with Gasteiger partial charge in [-0.05, 0) is 24.1 Å². The Labute approximate surface area is 157 Å². The van der Waals surface area contributed by atoms with Crippen molar-refractivity contribution < 1.29 is 9.53 Å². The van der Waals surface area contributed by atoms with Gasteiger partial charge in [0.25, 0.3) is 5.56 Å². The molecule has 26 heavy (non-hydrogen) atoms. The first-order valence-corrected chi connectivity index (χ1v) is 9.74. The van der Waals surface area contributed by atoms with Gasteiger partial charge >= 0.3 is 0 Å². The second kappa shape index (κ2) is 8.40. The largest absolute Gasteiger partial charge is 0.497 e. The Hall–Kier alpha value is -2.28. The SMILES string of the molecule is CCCc1cc(=O)n2c(n1)SCC2CC(=O)NCc1ccc(OC)cc1. The summed E-state index contributed by atoms with van der Waals surface area (Å²) < 4.78 is 6.79. The highest BCUT2D eigenvalue weighted by Crippen LogP contribution is 2.32. The summed E-state index contributed by atoms with van der Waals surface area (Å²) in [6, 6.07) is 9.03. The standard InChI is InChI=1S/C19H23N3O3S/c1-3-4-14-9-18(24)22-15(12-26-19(22)21-14)10-17(23)20-11-13-5-7-16(25-2)8-6-13/h5-9,15H,3-4,10-12H2,1-2H3,(H,20,23). The van der Waals surface area contributed by atoms with E-state index < -0.39 is 0 Å². The van der Waals surface area contributed by atoms with E-state index in [1.807, 2.05) is 24.3 Å². The van der Waals surface area contributed by atoms with Crippen molar-refractivity contribution in [3.05, 3.63) is 51.9 Å². The van der Waals surface area contributed by atoms with Gasteiger partial charge in [0.2, 0.25) is 5.91 Å². The summed E-state index contributed by atoms with van der Waals surface area (Å²) in [4.78, 5) is 29.3. The fourth-order valence-corrected chi connectivity index (χ4v) is 4.13. The first kappa shape index (κ1) is 18.5. The van der Waals surface area contributed by atoms with Crippen molar-refractivity contribution in [3.8, 4) is 5.75 Å². The van der Waals surface area contributed by atoms with Gasteiger partial charge in [0.05, 0.1) is 13.2 Å². The molecule has 0 aliphatic carbocycles. The lowest BCUT2D eigenvalue weighted by molar-refractivity contribution is -0.121. The molecule has 7 heteroatoms. The van der Waals surface area contributed by atoms with Gasteiger partial charge in [0.15, 0.2) is 5.16 Å². The Morgan fingerprint density at radius 1 is 1.38 bits per heavy atom. The topological polar surface area (TPSA) is 73.2 Å². The van der Waals surface area contributed by atoms with Crippen LogP contribution >= 0.6 is 11.8 Å². The van der Waals surface area contributed by atoms with Crippen molar-refractivity contribution >= 4 is 17.7 Å². The lowest BCUT2D eigenvalue weighted by atomic mass is 10.2. The number of rotatable bonds is 7. The van der Waals surface area contributed by atoms with Gasteiger partial charge in [-0.2, -0.15) is 0 Å². The molecule has 1 atom stereocenters. The van der Waals surface area contributed by atoms with Crippen molar-refractivity contribution in [2.24, 2.45) is 0 Å². The predicted molar refractivity (Wildman–Crippen MR) is 102 cm³/mol. The van der Waals surface area contributed by atoms with E-state index in [0.29, 0.717) is 12.3 Å². The fraction of sp³-hybridized carbons (Fsp3) is 0.421. The number of aromatic nitrogens is 2. The average molecular weight is 373 g/mol. The molecule has 0 spiro atoms. The number of nitrogens with one attached hydrogen (secondary N) is 1. The maximum Gasteiger partial charge on any atom is 0.254 e. The summed E-state index contributed by atoms with van der Waals surface area (Å²) in [5, 5.41) is 3.65. The van der Waals surface area contributed by atoms with Crippen molar-refractivity contribution in [1.29, 1.82) is 0 Å². The second-order valence-electron chi connectivity index (χ2n) is 6.28. The van der Waals surface area contributed by atoms with Gasteiger partial charge in [-0.25, -0.2) is 4.98 Å². The smallest absolute Gasteiger partial charge is 0.254 e. The van der Waals surface area contributed by atoms with Crippen molar-refractivity contribution in [1.82, 2.24) is 14.9 Å². The molecule has 1 aliphatic rings. The van der Waals surface area contributed by atoms with Crippen LogP contribution in [-0.4, -0.2) is 28.3 Å². The molecular weight excluding hydrogens is 350 g/mol. The Balaban J connectivity index is 1.60. The molecule has 2 heterocycles. The van der Waals surface area contributed by atoms with E-state index in [0.717, 1.165) is 35.0 Å². The Kier molecular flexibility index (Phi) is 5.98. The molecule has 2 aromatic rings. The summed E-state index contributed by atoms with van der Waals surface area (Å²) >= 11 is 1.55. The molecule has 1 unspecified atom stereocenters. The molecular formula is C19H23N3O3S. The number of aryl methyl sites for hydroxylation is 1. The molecule has 0 bridgehead atoms. The lowest BCUT2D eigenvalue weighted by Crippen LogP contribution is -2.30.